The van der Waals surface area contributed by atoms with Crippen LogP contribution in [0.1, 0.15) is 22.3 Å². The van der Waals surface area contributed by atoms with E-state index in [1.54, 1.807) is 0 Å². The van der Waals surface area contributed by atoms with Crippen LogP contribution in [0.25, 0.3) is 0 Å². The van der Waals surface area contributed by atoms with Crippen LogP contribution in [0.2, 0.25) is 5.02 Å². The Morgan fingerprint density at radius 3 is 2.35 bits per heavy atom. The van der Waals surface area contributed by atoms with Crippen molar-refractivity contribution in [1.82, 2.24) is 0 Å². The number of nitrogen functional groups attached to an aromatic ring is 1. The van der Waals surface area contributed by atoms with E-state index in [0.717, 1.165) is 22.7 Å². The van der Waals surface area contributed by atoms with Crippen molar-refractivity contribution >= 4 is 17.3 Å². The van der Waals surface area contributed by atoms with Crippen molar-refractivity contribution in [2.75, 3.05) is 5.73 Å². The van der Waals surface area contributed by atoms with Crippen LogP contribution in [0.15, 0.2) is 36.4 Å². The second-order valence-electron chi connectivity index (χ2n) is 4.34. The summed E-state index contributed by atoms with van der Waals surface area (Å²) in [6.45, 7) is 4.11. The maximum absolute atomic E-state index is 6.11. The van der Waals surface area contributed by atoms with Crippen LogP contribution < -0.4 is 5.73 Å². The summed E-state index contributed by atoms with van der Waals surface area (Å²) in [7, 11) is 0. The summed E-state index contributed by atoms with van der Waals surface area (Å²) >= 11 is 6.11. The Morgan fingerprint density at radius 1 is 1.06 bits per heavy atom. The summed E-state index contributed by atoms with van der Waals surface area (Å²) in [4.78, 5) is 0. The molecule has 2 rings (SSSR count). The average molecular weight is 246 g/mol. The zero-order valence-corrected chi connectivity index (χ0v) is 10.9. The van der Waals surface area contributed by atoms with Crippen LogP contribution >= 0.6 is 11.6 Å². The molecule has 0 atom stereocenters. The van der Waals surface area contributed by atoms with E-state index in [1.807, 2.05) is 31.2 Å². The lowest BCUT2D eigenvalue weighted by Crippen LogP contribution is -2.01. The first-order valence-electron chi connectivity index (χ1n) is 5.67. The van der Waals surface area contributed by atoms with Gasteiger partial charge in [-0.2, -0.15) is 0 Å². The van der Waals surface area contributed by atoms with Crippen molar-refractivity contribution in [3.63, 3.8) is 0 Å². The molecule has 0 aliphatic rings. The van der Waals surface area contributed by atoms with Gasteiger partial charge in [-0.15, -0.1) is 0 Å². The summed E-state index contributed by atoms with van der Waals surface area (Å²) in [5, 5.41) is 0.747. The molecule has 0 saturated heterocycles. The van der Waals surface area contributed by atoms with Gasteiger partial charge >= 0.3 is 0 Å². The van der Waals surface area contributed by atoms with Gasteiger partial charge in [-0.05, 0) is 48.6 Å². The molecule has 1 nitrogen and oxygen atoms in total. The largest absolute Gasteiger partial charge is 0.398 e. The third kappa shape index (κ3) is 2.45. The molecule has 0 saturated carbocycles. The highest BCUT2D eigenvalue weighted by Crippen LogP contribution is 2.29. The summed E-state index contributed by atoms with van der Waals surface area (Å²) < 4.78 is 0. The van der Waals surface area contributed by atoms with Crippen LogP contribution in [0.3, 0.4) is 0 Å². The van der Waals surface area contributed by atoms with Crippen LogP contribution in [0.5, 0.6) is 0 Å². The predicted octanol–water partition coefficient (Wildman–Crippen LogP) is 4.13. The minimum atomic E-state index is 0.747. The molecule has 0 radical (unpaired) electrons. The number of anilines is 1. The van der Waals surface area contributed by atoms with Gasteiger partial charge in [-0.25, -0.2) is 0 Å². The van der Waals surface area contributed by atoms with E-state index in [-0.39, 0.29) is 0 Å². The van der Waals surface area contributed by atoms with Crippen LogP contribution in [-0.2, 0) is 6.42 Å². The van der Waals surface area contributed by atoms with E-state index in [2.05, 4.69) is 19.1 Å². The van der Waals surface area contributed by atoms with Crippen molar-refractivity contribution in [1.29, 1.82) is 0 Å². The van der Waals surface area contributed by atoms with Gasteiger partial charge in [0.1, 0.15) is 0 Å². The van der Waals surface area contributed by atoms with Gasteiger partial charge in [0, 0.05) is 10.7 Å². The molecule has 88 valence electrons. The molecule has 0 aromatic heterocycles. The van der Waals surface area contributed by atoms with Gasteiger partial charge in [0.25, 0.3) is 0 Å². The van der Waals surface area contributed by atoms with E-state index in [9.17, 15) is 0 Å². The second kappa shape index (κ2) is 4.80. The van der Waals surface area contributed by atoms with Gasteiger partial charge in [-0.3, -0.25) is 0 Å². The van der Waals surface area contributed by atoms with E-state index in [1.165, 1.54) is 16.7 Å². The van der Waals surface area contributed by atoms with E-state index in [4.69, 9.17) is 17.3 Å². The quantitative estimate of drug-likeness (QED) is 0.791. The molecule has 0 fully saturated rings. The van der Waals surface area contributed by atoms with Crippen molar-refractivity contribution in [3.05, 3.63) is 63.7 Å². The Bertz CT molecular complexity index is 532. The topological polar surface area (TPSA) is 26.0 Å². The van der Waals surface area contributed by atoms with E-state index >= 15 is 0 Å². The molecule has 2 N–H and O–H groups in total. The molecule has 0 spiro atoms. The highest BCUT2D eigenvalue weighted by Gasteiger charge is 2.10. The van der Waals surface area contributed by atoms with Gasteiger partial charge in [0.15, 0.2) is 0 Å². The maximum atomic E-state index is 6.11. The molecule has 0 amide bonds. The Kier molecular flexibility index (Phi) is 3.39. The molecule has 2 aromatic rings. The summed E-state index contributed by atoms with van der Waals surface area (Å²) in [6, 6.07) is 12.2. The molecule has 0 heterocycles. The lowest BCUT2D eigenvalue weighted by molar-refractivity contribution is 1.14. The fourth-order valence-corrected chi connectivity index (χ4v) is 2.25. The minimum absolute atomic E-state index is 0.747. The Labute approximate surface area is 107 Å². The molecular formula is C15H16ClN. The number of hydrogen-bond acceptors (Lipinski definition) is 1. The molecule has 17 heavy (non-hydrogen) atoms. The SMILES string of the molecule is Cc1c(Cl)cc(N)c(Cc2ccccc2)c1C. The lowest BCUT2D eigenvalue weighted by atomic mass is 9.95. The minimum Gasteiger partial charge on any atom is -0.398 e. The Hall–Kier alpha value is -1.47. The molecule has 2 aromatic carbocycles. The van der Waals surface area contributed by atoms with E-state index in [0.29, 0.717) is 0 Å². The summed E-state index contributed by atoms with van der Waals surface area (Å²) in [5.74, 6) is 0. The molecule has 2 heteroatoms. The highest BCUT2D eigenvalue weighted by molar-refractivity contribution is 6.31. The third-order valence-corrected chi connectivity index (χ3v) is 3.62. The molecule has 0 bridgehead atoms. The second-order valence-corrected chi connectivity index (χ2v) is 4.75. The first-order chi connectivity index (χ1) is 8.09. The number of benzene rings is 2. The Morgan fingerprint density at radius 2 is 1.71 bits per heavy atom. The summed E-state index contributed by atoms with van der Waals surface area (Å²) in [6.07, 6.45) is 0.858. The zero-order valence-electron chi connectivity index (χ0n) is 10.1. The van der Waals surface area contributed by atoms with Crippen molar-refractivity contribution in [3.8, 4) is 0 Å². The van der Waals surface area contributed by atoms with Crippen molar-refractivity contribution in [2.24, 2.45) is 0 Å². The van der Waals surface area contributed by atoms with E-state index < -0.39 is 0 Å². The molecule has 0 aliphatic heterocycles. The van der Waals surface area contributed by atoms with Gasteiger partial charge < -0.3 is 5.73 Å². The van der Waals surface area contributed by atoms with Crippen LogP contribution in [0.4, 0.5) is 5.69 Å². The Balaban J connectivity index is 2.43. The fraction of sp³-hybridized carbons (Fsp3) is 0.200. The molecular weight excluding hydrogens is 230 g/mol. The lowest BCUT2D eigenvalue weighted by Gasteiger charge is -2.13. The normalized spacial score (nSPS) is 10.5. The van der Waals surface area contributed by atoms with Crippen molar-refractivity contribution in [2.45, 2.75) is 20.3 Å². The van der Waals surface area contributed by atoms with Gasteiger partial charge in [0.2, 0.25) is 0 Å². The fourth-order valence-electron chi connectivity index (χ4n) is 1.99. The molecule has 0 aliphatic carbocycles. The maximum Gasteiger partial charge on any atom is 0.0458 e. The number of hydrogen-bond donors (Lipinski definition) is 1. The first-order valence-corrected chi connectivity index (χ1v) is 6.05. The zero-order chi connectivity index (χ0) is 12.4. The number of nitrogens with two attached hydrogens (primary N) is 1. The monoisotopic (exact) mass is 245 g/mol. The van der Waals surface area contributed by atoms with Crippen LogP contribution in [-0.4, -0.2) is 0 Å². The van der Waals surface area contributed by atoms with Gasteiger partial charge in [0.05, 0.1) is 0 Å². The third-order valence-electron chi connectivity index (χ3n) is 3.23. The average Bonchev–Trinajstić information content (AvgIpc) is 2.33. The smallest absolute Gasteiger partial charge is 0.0458 e. The van der Waals surface area contributed by atoms with Crippen molar-refractivity contribution < 1.29 is 0 Å². The molecule has 0 unspecified atom stereocenters. The standard InChI is InChI=1S/C15H16ClN/c1-10-11(2)14(16)9-15(17)13(10)8-12-6-4-3-5-7-12/h3-7,9H,8,17H2,1-2H3. The summed E-state index contributed by atoms with van der Waals surface area (Å²) in [5.41, 5.74) is 11.6. The first kappa shape index (κ1) is 12.0. The highest BCUT2D eigenvalue weighted by atomic mass is 35.5. The van der Waals surface area contributed by atoms with Gasteiger partial charge in [-0.1, -0.05) is 41.9 Å². The predicted molar refractivity (Wildman–Crippen MR) is 74.6 cm³/mol. The van der Waals surface area contributed by atoms with Crippen LogP contribution in [0, 0.1) is 13.8 Å². The number of rotatable bonds is 2. The number of halogens is 1.